The molecule has 0 fully saturated rings. The quantitative estimate of drug-likeness (QED) is 0.684. The van der Waals surface area contributed by atoms with Gasteiger partial charge >= 0.3 is 0 Å². The van der Waals surface area contributed by atoms with Crippen molar-refractivity contribution in [2.24, 2.45) is 0 Å². The van der Waals surface area contributed by atoms with Gasteiger partial charge in [-0.25, -0.2) is 8.42 Å². The number of hydrogen-bond donors (Lipinski definition) is 2. The van der Waals surface area contributed by atoms with Crippen LogP contribution in [0.1, 0.15) is 5.56 Å². The minimum Gasteiger partial charge on any atom is -0.504 e. The topological polar surface area (TPSA) is 83.8 Å². The Hall–Kier alpha value is -2.99. The van der Waals surface area contributed by atoms with E-state index in [0.29, 0.717) is 12.4 Å². The first-order valence-electron chi connectivity index (χ1n) is 7.51. The largest absolute Gasteiger partial charge is 0.504 e. The van der Waals surface area contributed by atoms with Crippen molar-refractivity contribution >= 4 is 9.84 Å². The molecule has 0 amide bonds. The van der Waals surface area contributed by atoms with Gasteiger partial charge in [0.2, 0.25) is 9.84 Å². The number of aromatic hydroxyl groups is 2. The van der Waals surface area contributed by atoms with E-state index < -0.39 is 15.6 Å². The van der Waals surface area contributed by atoms with Crippen LogP contribution in [0.5, 0.6) is 17.2 Å². The first kappa shape index (κ1) is 16.9. The van der Waals surface area contributed by atoms with E-state index in [1.54, 1.807) is 12.1 Å². The van der Waals surface area contributed by atoms with Crippen molar-refractivity contribution < 1.29 is 23.4 Å². The summed E-state index contributed by atoms with van der Waals surface area (Å²) in [5.74, 6) is -0.302. The molecule has 3 aromatic carbocycles. The van der Waals surface area contributed by atoms with Crippen LogP contribution in [0.2, 0.25) is 0 Å². The highest BCUT2D eigenvalue weighted by atomic mass is 32.2. The first-order chi connectivity index (χ1) is 12.0. The van der Waals surface area contributed by atoms with E-state index in [-0.39, 0.29) is 15.5 Å². The third-order valence-electron chi connectivity index (χ3n) is 3.64. The lowest BCUT2D eigenvalue weighted by Gasteiger charge is -2.09. The second-order valence-electron chi connectivity index (χ2n) is 5.40. The van der Waals surface area contributed by atoms with E-state index in [1.165, 1.54) is 18.2 Å². The van der Waals surface area contributed by atoms with Crippen molar-refractivity contribution in [3.05, 3.63) is 78.4 Å². The van der Waals surface area contributed by atoms with Crippen molar-refractivity contribution in [2.45, 2.75) is 16.4 Å². The summed E-state index contributed by atoms with van der Waals surface area (Å²) in [6.45, 7) is 0.388. The SMILES string of the molecule is O=S(=O)(c1ccc(OCc2ccccc2)cc1)c1ccc(O)c(O)c1. The van der Waals surface area contributed by atoms with Gasteiger partial charge in [0.1, 0.15) is 12.4 Å². The number of phenolic OH excluding ortho intramolecular Hbond substituents is 2. The monoisotopic (exact) mass is 356 g/mol. The highest BCUT2D eigenvalue weighted by Gasteiger charge is 2.19. The van der Waals surface area contributed by atoms with Crippen molar-refractivity contribution in [1.82, 2.24) is 0 Å². The minimum absolute atomic E-state index is 0.0738. The third kappa shape index (κ3) is 3.75. The lowest BCUT2D eigenvalue weighted by Crippen LogP contribution is -2.02. The van der Waals surface area contributed by atoms with Crippen LogP contribution in [-0.2, 0) is 16.4 Å². The Morgan fingerprint density at radius 1 is 0.760 bits per heavy atom. The highest BCUT2D eigenvalue weighted by Crippen LogP contribution is 2.30. The normalized spacial score (nSPS) is 11.2. The Morgan fingerprint density at radius 3 is 2.04 bits per heavy atom. The number of sulfone groups is 1. The van der Waals surface area contributed by atoms with E-state index in [9.17, 15) is 18.6 Å². The van der Waals surface area contributed by atoms with Gasteiger partial charge in [0.15, 0.2) is 11.5 Å². The highest BCUT2D eigenvalue weighted by molar-refractivity contribution is 7.91. The van der Waals surface area contributed by atoms with Gasteiger partial charge in [0, 0.05) is 6.07 Å². The lowest BCUT2D eigenvalue weighted by atomic mass is 10.2. The second-order valence-corrected chi connectivity index (χ2v) is 7.35. The number of benzene rings is 3. The van der Waals surface area contributed by atoms with Gasteiger partial charge in [0.25, 0.3) is 0 Å². The van der Waals surface area contributed by atoms with E-state index >= 15 is 0 Å². The average molecular weight is 356 g/mol. The average Bonchev–Trinajstić information content (AvgIpc) is 2.63. The fourth-order valence-corrected chi connectivity index (χ4v) is 3.54. The van der Waals surface area contributed by atoms with Crippen LogP contribution in [0, 0.1) is 0 Å². The Kier molecular flexibility index (Phi) is 4.63. The molecule has 0 saturated carbocycles. The van der Waals surface area contributed by atoms with E-state index in [1.807, 2.05) is 30.3 Å². The summed E-state index contributed by atoms with van der Waals surface area (Å²) in [5, 5.41) is 18.8. The summed E-state index contributed by atoms with van der Waals surface area (Å²) in [4.78, 5) is -0.0228. The van der Waals surface area contributed by atoms with Crippen molar-refractivity contribution in [2.75, 3.05) is 0 Å². The molecule has 0 saturated heterocycles. The molecule has 0 aromatic heterocycles. The van der Waals surface area contributed by atoms with Gasteiger partial charge in [-0.1, -0.05) is 30.3 Å². The molecule has 3 aromatic rings. The summed E-state index contributed by atoms with van der Waals surface area (Å²) in [5.41, 5.74) is 1.01. The number of ether oxygens (including phenoxy) is 1. The van der Waals surface area contributed by atoms with Gasteiger partial charge in [0.05, 0.1) is 9.79 Å². The van der Waals surface area contributed by atoms with Crippen LogP contribution in [0.15, 0.2) is 82.6 Å². The predicted molar refractivity (Wildman–Crippen MR) is 92.4 cm³/mol. The van der Waals surface area contributed by atoms with Gasteiger partial charge < -0.3 is 14.9 Å². The Balaban J connectivity index is 1.78. The molecule has 2 N–H and O–H groups in total. The molecular weight excluding hydrogens is 340 g/mol. The van der Waals surface area contributed by atoms with Crippen LogP contribution in [0.3, 0.4) is 0 Å². The van der Waals surface area contributed by atoms with Crippen LogP contribution in [-0.4, -0.2) is 18.6 Å². The fourth-order valence-electron chi connectivity index (χ4n) is 2.26. The standard InChI is InChI=1S/C19H16O5S/c20-18-11-10-17(12-19(18)21)25(22,23)16-8-6-15(7-9-16)24-13-14-4-2-1-3-5-14/h1-12,20-21H,13H2. The van der Waals surface area contributed by atoms with Gasteiger partial charge in [-0.05, 0) is 42.0 Å². The van der Waals surface area contributed by atoms with Crippen LogP contribution in [0.25, 0.3) is 0 Å². The maximum Gasteiger partial charge on any atom is 0.206 e. The second kappa shape index (κ2) is 6.86. The van der Waals surface area contributed by atoms with Crippen molar-refractivity contribution in [1.29, 1.82) is 0 Å². The zero-order chi connectivity index (χ0) is 17.9. The van der Waals surface area contributed by atoms with E-state index in [0.717, 1.165) is 17.7 Å². The molecule has 0 spiro atoms. The van der Waals surface area contributed by atoms with Crippen molar-refractivity contribution in [3.8, 4) is 17.2 Å². The molecule has 0 unspecified atom stereocenters. The molecule has 0 atom stereocenters. The summed E-state index contributed by atoms with van der Waals surface area (Å²) >= 11 is 0. The summed E-state index contributed by atoms with van der Waals surface area (Å²) in [6, 6.07) is 19.1. The molecular formula is C19H16O5S. The fraction of sp³-hybridized carbons (Fsp3) is 0.0526. The predicted octanol–water partition coefficient (Wildman–Crippen LogP) is 3.51. The first-order valence-corrected chi connectivity index (χ1v) is 8.99. The molecule has 0 radical (unpaired) electrons. The Bertz CT molecular complexity index is 964. The molecule has 25 heavy (non-hydrogen) atoms. The third-order valence-corrected chi connectivity index (χ3v) is 5.41. The zero-order valence-corrected chi connectivity index (χ0v) is 14.0. The number of phenols is 2. The molecule has 0 bridgehead atoms. The molecule has 0 heterocycles. The smallest absolute Gasteiger partial charge is 0.206 e. The molecule has 3 rings (SSSR count). The van der Waals surface area contributed by atoms with E-state index in [2.05, 4.69) is 0 Å². The zero-order valence-electron chi connectivity index (χ0n) is 13.2. The minimum atomic E-state index is -3.79. The molecule has 0 aliphatic rings. The molecule has 5 nitrogen and oxygen atoms in total. The van der Waals surface area contributed by atoms with Crippen LogP contribution >= 0.6 is 0 Å². The lowest BCUT2D eigenvalue weighted by molar-refractivity contribution is 0.306. The molecule has 0 aliphatic carbocycles. The maximum atomic E-state index is 12.6. The maximum absolute atomic E-state index is 12.6. The van der Waals surface area contributed by atoms with Crippen LogP contribution < -0.4 is 4.74 Å². The van der Waals surface area contributed by atoms with Crippen LogP contribution in [0.4, 0.5) is 0 Å². The molecule has 128 valence electrons. The molecule has 6 heteroatoms. The summed E-state index contributed by atoms with van der Waals surface area (Å²) in [7, 11) is -3.79. The van der Waals surface area contributed by atoms with Gasteiger partial charge in [-0.2, -0.15) is 0 Å². The van der Waals surface area contributed by atoms with E-state index in [4.69, 9.17) is 4.74 Å². The Labute approximate surface area is 145 Å². The van der Waals surface area contributed by atoms with Crippen molar-refractivity contribution in [3.63, 3.8) is 0 Å². The summed E-state index contributed by atoms with van der Waals surface area (Å²) in [6.07, 6.45) is 0. The summed E-state index contributed by atoms with van der Waals surface area (Å²) < 4.78 is 30.7. The van der Waals surface area contributed by atoms with Gasteiger partial charge in [-0.3, -0.25) is 0 Å². The van der Waals surface area contributed by atoms with Gasteiger partial charge in [-0.15, -0.1) is 0 Å². The number of hydrogen-bond acceptors (Lipinski definition) is 5. The Morgan fingerprint density at radius 2 is 1.40 bits per heavy atom. The molecule has 0 aliphatic heterocycles. The number of rotatable bonds is 5.